The average Bonchev–Trinajstić information content (AvgIpc) is 3.17. The Morgan fingerprint density at radius 1 is 1.08 bits per heavy atom. The molecule has 0 aromatic heterocycles. The summed E-state index contributed by atoms with van der Waals surface area (Å²) in [6, 6.07) is 0. The van der Waals surface area contributed by atoms with Crippen molar-refractivity contribution in [2.75, 3.05) is 27.4 Å². The minimum atomic E-state index is -1.19. The highest BCUT2D eigenvalue weighted by Crippen LogP contribution is 2.51. The molecular formula is C16H23NO8. The first-order valence-corrected chi connectivity index (χ1v) is 7.94. The monoisotopic (exact) mass is 357 g/mol. The first-order chi connectivity index (χ1) is 11.6. The third-order valence-corrected chi connectivity index (χ3v) is 4.64. The van der Waals surface area contributed by atoms with Crippen molar-refractivity contribution in [1.82, 2.24) is 5.06 Å². The number of hydroxylamine groups is 2. The van der Waals surface area contributed by atoms with Gasteiger partial charge in [0, 0.05) is 0 Å². The van der Waals surface area contributed by atoms with Crippen molar-refractivity contribution in [2.45, 2.75) is 50.8 Å². The fourth-order valence-corrected chi connectivity index (χ4v) is 3.49. The molecule has 9 heteroatoms. The molecule has 0 bridgehead atoms. The van der Waals surface area contributed by atoms with Crippen molar-refractivity contribution >= 4 is 11.9 Å². The summed E-state index contributed by atoms with van der Waals surface area (Å²) in [4.78, 5) is 30.5. The summed E-state index contributed by atoms with van der Waals surface area (Å²) in [6.45, 7) is 7.34. The van der Waals surface area contributed by atoms with Crippen molar-refractivity contribution in [3.8, 4) is 0 Å². The molecule has 0 aliphatic carbocycles. The lowest BCUT2D eigenvalue weighted by molar-refractivity contribution is -0.249. The molecule has 3 rings (SSSR count). The Labute approximate surface area is 145 Å². The summed E-state index contributed by atoms with van der Waals surface area (Å²) >= 11 is 0. The lowest BCUT2D eigenvalue weighted by Gasteiger charge is -2.37. The molecule has 2 atom stereocenters. The highest BCUT2D eigenvalue weighted by molar-refractivity contribution is 6.01. The zero-order chi connectivity index (χ0) is 18.6. The van der Waals surface area contributed by atoms with E-state index in [4.69, 9.17) is 28.5 Å². The Hall–Kier alpha value is -1.68. The van der Waals surface area contributed by atoms with Crippen molar-refractivity contribution < 1.29 is 38.1 Å². The number of ether oxygens (including phenoxy) is 5. The SMILES string of the molecule is COC(=O)C1=C(C(=O)OC)[C@@]2([C@@H]3COC(C)(C)O3)COC(C)(C)N2O1. The van der Waals surface area contributed by atoms with Gasteiger partial charge >= 0.3 is 11.9 Å². The molecule has 25 heavy (non-hydrogen) atoms. The van der Waals surface area contributed by atoms with E-state index < -0.39 is 35.1 Å². The Bertz CT molecular complexity index is 640. The second-order valence-electron chi connectivity index (χ2n) is 7.05. The minimum absolute atomic E-state index is 0.0127. The quantitative estimate of drug-likeness (QED) is 0.669. The fourth-order valence-electron chi connectivity index (χ4n) is 3.49. The molecule has 0 saturated carbocycles. The molecule has 0 unspecified atom stereocenters. The number of fused-ring (bicyclic) bond motifs is 1. The maximum absolute atomic E-state index is 12.6. The maximum atomic E-state index is 12.6. The third kappa shape index (κ3) is 2.53. The van der Waals surface area contributed by atoms with Crippen LogP contribution in [0.4, 0.5) is 0 Å². The third-order valence-electron chi connectivity index (χ3n) is 4.64. The lowest BCUT2D eigenvalue weighted by Crippen LogP contribution is -2.59. The molecular weight excluding hydrogens is 334 g/mol. The van der Waals surface area contributed by atoms with Crippen molar-refractivity contribution in [3.05, 3.63) is 11.3 Å². The smallest absolute Gasteiger partial charge is 0.376 e. The Morgan fingerprint density at radius 2 is 1.72 bits per heavy atom. The van der Waals surface area contributed by atoms with Crippen LogP contribution in [0.5, 0.6) is 0 Å². The fraction of sp³-hybridized carbons (Fsp3) is 0.750. The minimum Gasteiger partial charge on any atom is -0.465 e. The maximum Gasteiger partial charge on any atom is 0.376 e. The van der Waals surface area contributed by atoms with Crippen LogP contribution in [-0.4, -0.2) is 67.6 Å². The summed E-state index contributed by atoms with van der Waals surface area (Å²) in [7, 11) is 2.45. The van der Waals surface area contributed by atoms with Gasteiger partial charge in [0.2, 0.25) is 5.76 Å². The van der Waals surface area contributed by atoms with Crippen LogP contribution in [0, 0.1) is 0 Å². The predicted octanol–water partition coefficient (Wildman–Crippen LogP) is 0.490. The van der Waals surface area contributed by atoms with E-state index in [9.17, 15) is 9.59 Å². The number of hydrogen-bond donors (Lipinski definition) is 0. The van der Waals surface area contributed by atoms with Gasteiger partial charge in [-0.15, -0.1) is 0 Å². The van der Waals surface area contributed by atoms with Crippen LogP contribution >= 0.6 is 0 Å². The molecule has 3 aliphatic rings. The second kappa shape index (κ2) is 5.66. The van der Waals surface area contributed by atoms with Gasteiger partial charge in [-0.1, -0.05) is 5.06 Å². The van der Waals surface area contributed by atoms with Crippen molar-refractivity contribution in [3.63, 3.8) is 0 Å². The second-order valence-corrected chi connectivity index (χ2v) is 7.05. The van der Waals surface area contributed by atoms with Crippen LogP contribution in [0.15, 0.2) is 11.3 Å². The lowest BCUT2D eigenvalue weighted by atomic mass is 9.84. The standard InChI is InChI=1S/C16H23NO8/c1-14(2)17-16(8-23-14,9-7-22-15(3,4)24-9)10(12(18)20-5)11(25-17)13(19)21-6/h9H,7-8H2,1-6H3/t9-,16-/m0/s1. The number of esters is 2. The van der Waals surface area contributed by atoms with E-state index in [2.05, 4.69) is 0 Å². The van der Waals surface area contributed by atoms with E-state index in [1.54, 1.807) is 27.7 Å². The number of rotatable bonds is 3. The number of nitrogens with zero attached hydrogens (tertiary/aromatic N) is 1. The predicted molar refractivity (Wildman–Crippen MR) is 81.6 cm³/mol. The van der Waals surface area contributed by atoms with Gasteiger partial charge in [-0.2, -0.15) is 0 Å². The van der Waals surface area contributed by atoms with E-state index in [0.29, 0.717) is 0 Å². The van der Waals surface area contributed by atoms with Gasteiger partial charge < -0.3 is 28.5 Å². The summed E-state index contributed by atoms with van der Waals surface area (Å²) in [5.41, 5.74) is -2.09. The van der Waals surface area contributed by atoms with Gasteiger partial charge in [0.15, 0.2) is 5.79 Å². The average molecular weight is 357 g/mol. The van der Waals surface area contributed by atoms with Gasteiger partial charge in [0.1, 0.15) is 22.9 Å². The molecule has 3 aliphatic heterocycles. The Kier molecular flexibility index (Phi) is 4.11. The van der Waals surface area contributed by atoms with E-state index >= 15 is 0 Å². The van der Waals surface area contributed by atoms with Crippen LogP contribution in [0.25, 0.3) is 0 Å². The zero-order valence-electron chi connectivity index (χ0n) is 15.2. The van der Waals surface area contributed by atoms with Crippen LogP contribution in [0.3, 0.4) is 0 Å². The molecule has 0 spiro atoms. The molecule has 9 nitrogen and oxygen atoms in total. The topological polar surface area (TPSA) is 92.8 Å². The summed E-state index contributed by atoms with van der Waals surface area (Å²) < 4.78 is 27.2. The molecule has 0 N–H and O–H groups in total. The van der Waals surface area contributed by atoms with Crippen LogP contribution in [0.1, 0.15) is 27.7 Å². The van der Waals surface area contributed by atoms with E-state index in [1.807, 2.05) is 0 Å². The van der Waals surface area contributed by atoms with Crippen molar-refractivity contribution in [1.29, 1.82) is 0 Å². The summed E-state index contributed by atoms with van der Waals surface area (Å²) in [5, 5.41) is 1.47. The molecule has 2 fully saturated rings. The largest absolute Gasteiger partial charge is 0.465 e. The zero-order valence-corrected chi connectivity index (χ0v) is 15.2. The van der Waals surface area contributed by atoms with Crippen molar-refractivity contribution in [2.24, 2.45) is 0 Å². The van der Waals surface area contributed by atoms with Gasteiger partial charge in [-0.25, -0.2) is 9.59 Å². The number of carbonyl (C=O) groups excluding carboxylic acids is 2. The number of hydrogen-bond acceptors (Lipinski definition) is 9. The molecule has 2 saturated heterocycles. The highest BCUT2D eigenvalue weighted by Gasteiger charge is 2.69. The first kappa shape index (κ1) is 18.1. The van der Waals surface area contributed by atoms with Gasteiger partial charge in [-0.3, -0.25) is 0 Å². The Morgan fingerprint density at radius 3 is 2.24 bits per heavy atom. The number of methoxy groups -OCH3 is 2. The van der Waals surface area contributed by atoms with E-state index in [1.165, 1.54) is 19.3 Å². The van der Waals surface area contributed by atoms with Crippen LogP contribution in [0.2, 0.25) is 0 Å². The molecule has 0 amide bonds. The van der Waals surface area contributed by atoms with E-state index in [-0.39, 0.29) is 24.5 Å². The van der Waals surface area contributed by atoms with Crippen LogP contribution < -0.4 is 0 Å². The van der Waals surface area contributed by atoms with E-state index in [0.717, 1.165) is 0 Å². The highest BCUT2D eigenvalue weighted by atomic mass is 16.8. The van der Waals surface area contributed by atoms with Gasteiger partial charge in [-0.05, 0) is 27.7 Å². The van der Waals surface area contributed by atoms with Crippen LogP contribution in [-0.2, 0) is 38.1 Å². The normalized spacial score (nSPS) is 33.1. The molecule has 0 aromatic carbocycles. The molecule has 0 radical (unpaired) electrons. The van der Waals surface area contributed by atoms with Gasteiger partial charge in [0.25, 0.3) is 0 Å². The summed E-state index contributed by atoms with van der Waals surface area (Å²) in [5.74, 6) is -2.55. The molecule has 0 aromatic rings. The number of carbonyl (C=O) groups is 2. The summed E-state index contributed by atoms with van der Waals surface area (Å²) in [6.07, 6.45) is -0.611. The Balaban J connectivity index is 2.16. The van der Waals surface area contributed by atoms with Gasteiger partial charge in [0.05, 0.1) is 27.4 Å². The first-order valence-electron chi connectivity index (χ1n) is 7.94. The molecule has 140 valence electrons. The molecule has 3 heterocycles.